The number of amides is 1. The number of hydrogen-bond donors (Lipinski definition) is 1. The van der Waals surface area contributed by atoms with Crippen molar-refractivity contribution in [3.05, 3.63) is 70.2 Å². The third kappa shape index (κ3) is 3.87. The molecule has 0 aliphatic rings. The van der Waals surface area contributed by atoms with Crippen LogP contribution in [0.15, 0.2) is 57.8 Å². The normalized spacial score (nSPS) is 12.0. The molecule has 0 radical (unpaired) electrons. The predicted molar refractivity (Wildman–Crippen MR) is 122 cm³/mol. The van der Waals surface area contributed by atoms with Gasteiger partial charge in [0.15, 0.2) is 5.52 Å². The summed E-state index contributed by atoms with van der Waals surface area (Å²) in [4.78, 5) is 26.4. The van der Waals surface area contributed by atoms with E-state index in [1.165, 1.54) is 4.68 Å². The Morgan fingerprint density at radius 2 is 1.97 bits per heavy atom. The van der Waals surface area contributed by atoms with Crippen molar-refractivity contribution < 1.29 is 14.1 Å². The molecule has 0 aliphatic carbocycles. The van der Waals surface area contributed by atoms with Gasteiger partial charge in [-0.2, -0.15) is 5.10 Å². The molecule has 8 heteroatoms. The highest BCUT2D eigenvalue weighted by atomic mass is 16.5. The van der Waals surface area contributed by atoms with Crippen LogP contribution >= 0.6 is 0 Å². The molecule has 2 aromatic carbocycles. The van der Waals surface area contributed by atoms with Crippen molar-refractivity contribution in [2.45, 2.75) is 33.2 Å². The minimum Gasteiger partial charge on any atom is -0.497 e. The summed E-state index contributed by atoms with van der Waals surface area (Å²) in [6, 6.07) is 14.0. The molecule has 0 bridgehead atoms. The molecule has 4 rings (SSSR count). The van der Waals surface area contributed by atoms with Gasteiger partial charge in [0, 0.05) is 11.3 Å². The van der Waals surface area contributed by atoms with Crippen LogP contribution in [0, 0.1) is 13.8 Å². The van der Waals surface area contributed by atoms with E-state index in [1.807, 2.05) is 56.3 Å². The third-order valence-electron chi connectivity index (χ3n) is 5.33. The Balaban J connectivity index is 1.85. The van der Waals surface area contributed by atoms with Gasteiger partial charge in [0.2, 0.25) is 5.91 Å². The quantitative estimate of drug-likeness (QED) is 0.489. The lowest BCUT2D eigenvalue weighted by Gasteiger charge is -2.18. The van der Waals surface area contributed by atoms with E-state index in [1.54, 1.807) is 20.1 Å². The zero-order valence-electron chi connectivity index (χ0n) is 18.4. The molecule has 32 heavy (non-hydrogen) atoms. The van der Waals surface area contributed by atoms with Crippen LogP contribution in [0.5, 0.6) is 5.75 Å². The van der Waals surface area contributed by atoms with E-state index < -0.39 is 11.6 Å². The summed E-state index contributed by atoms with van der Waals surface area (Å²) in [6.45, 7) is 5.50. The summed E-state index contributed by atoms with van der Waals surface area (Å²) in [5, 5.41) is 12.0. The fraction of sp³-hybridized carbons (Fsp3) is 0.250. The number of carbonyl (C=O) groups is 1. The lowest BCUT2D eigenvalue weighted by atomic mass is 10.1. The third-order valence-corrected chi connectivity index (χ3v) is 5.33. The molecule has 164 valence electrons. The predicted octanol–water partition coefficient (Wildman–Crippen LogP) is 4.27. The first-order chi connectivity index (χ1) is 15.4. The molecule has 0 saturated carbocycles. The number of methoxy groups -OCH3 is 1. The summed E-state index contributed by atoms with van der Waals surface area (Å²) >= 11 is 0. The van der Waals surface area contributed by atoms with Gasteiger partial charge >= 0.3 is 0 Å². The largest absolute Gasteiger partial charge is 0.497 e. The lowest BCUT2D eigenvalue weighted by Crippen LogP contribution is -2.35. The zero-order valence-corrected chi connectivity index (χ0v) is 18.4. The van der Waals surface area contributed by atoms with Crippen LogP contribution < -0.4 is 15.6 Å². The fourth-order valence-corrected chi connectivity index (χ4v) is 3.71. The molecule has 1 atom stereocenters. The second-order valence-electron chi connectivity index (χ2n) is 7.58. The maximum Gasteiger partial charge on any atom is 0.297 e. The van der Waals surface area contributed by atoms with Gasteiger partial charge in [0.1, 0.15) is 23.2 Å². The smallest absolute Gasteiger partial charge is 0.297 e. The summed E-state index contributed by atoms with van der Waals surface area (Å²) in [7, 11) is 1.58. The van der Waals surface area contributed by atoms with Crippen molar-refractivity contribution in [1.82, 2.24) is 14.9 Å². The highest BCUT2D eigenvalue weighted by Gasteiger charge is 2.26. The molecule has 0 saturated heterocycles. The molecule has 0 aliphatic heterocycles. The Morgan fingerprint density at radius 1 is 1.19 bits per heavy atom. The van der Waals surface area contributed by atoms with Crippen LogP contribution in [0.4, 0.5) is 5.69 Å². The van der Waals surface area contributed by atoms with Gasteiger partial charge in [0.25, 0.3) is 5.56 Å². The number of benzene rings is 2. The first-order valence-corrected chi connectivity index (χ1v) is 10.3. The molecule has 0 fully saturated rings. The molecular formula is C24H24N4O4. The van der Waals surface area contributed by atoms with Crippen LogP contribution in [0.3, 0.4) is 0 Å². The van der Waals surface area contributed by atoms with Crippen molar-refractivity contribution in [3.63, 3.8) is 0 Å². The van der Waals surface area contributed by atoms with Crippen molar-refractivity contribution >= 4 is 22.5 Å². The maximum atomic E-state index is 13.2. The summed E-state index contributed by atoms with van der Waals surface area (Å²) in [5.74, 6) is 0.796. The second kappa shape index (κ2) is 8.66. The number of nitrogens with zero attached hydrogens (tertiary/aromatic N) is 3. The van der Waals surface area contributed by atoms with Crippen molar-refractivity contribution in [1.29, 1.82) is 0 Å². The Hall–Kier alpha value is -3.94. The highest BCUT2D eigenvalue weighted by molar-refractivity contribution is 5.95. The second-order valence-corrected chi connectivity index (χ2v) is 7.58. The first kappa shape index (κ1) is 21.3. The van der Waals surface area contributed by atoms with E-state index in [0.717, 1.165) is 11.1 Å². The first-order valence-electron chi connectivity index (χ1n) is 10.3. The maximum absolute atomic E-state index is 13.2. The van der Waals surface area contributed by atoms with Crippen LogP contribution in [-0.4, -0.2) is 28.0 Å². The summed E-state index contributed by atoms with van der Waals surface area (Å²) in [5.41, 5.74) is 2.56. The number of nitrogens with one attached hydrogen (secondary N) is 1. The number of ether oxygens (including phenoxy) is 1. The van der Waals surface area contributed by atoms with Crippen LogP contribution in [0.2, 0.25) is 0 Å². The number of aryl methyl sites for hydroxylation is 2. The average molecular weight is 432 g/mol. The van der Waals surface area contributed by atoms with Crippen molar-refractivity contribution in [3.8, 4) is 17.0 Å². The standard InChI is InChI=1S/C24H24N4O4/c1-5-19(23(29)25-17-10-6-8-14(2)12-17)28-24(30)22-20(15(3)32-27-22)21(26-28)16-9-7-11-18(13-16)31-4/h6-13,19H,5H2,1-4H3,(H,25,29). The number of anilines is 1. The van der Waals surface area contributed by atoms with E-state index in [9.17, 15) is 9.59 Å². The summed E-state index contributed by atoms with van der Waals surface area (Å²) in [6.07, 6.45) is 0.366. The minimum atomic E-state index is -0.825. The van der Waals surface area contributed by atoms with Gasteiger partial charge in [0.05, 0.1) is 12.5 Å². The van der Waals surface area contributed by atoms with Crippen LogP contribution in [0.25, 0.3) is 22.2 Å². The van der Waals surface area contributed by atoms with Gasteiger partial charge in [-0.05, 0) is 50.1 Å². The molecule has 2 heterocycles. The molecule has 2 aromatic heterocycles. The minimum absolute atomic E-state index is 0.136. The Bertz CT molecular complexity index is 1360. The number of rotatable bonds is 6. The molecule has 1 amide bonds. The highest BCUT2D eigenvalue weighted by Crippen LogP contribution is 2.30. The van der Waals surface area contributed by atoms with Gasteiger partial charge in [-0.15, -0.1) is 0 Å². The number of hydrogen-bond acceptors (Lipinski definition) is 6. The Labute approximate surface area is 184 Å². The fourth-order valence-electron chi connectivity index (χ4n) is 3.71. The Morgan fingerprint density at radius 3 is 2.69 bits per heavy atom. The van der Waals surface area contributed by atoms with E-state index in [-0.39, 0.29) is 11.4 Å². The number of aromatic nitrogens is 3. The van der Waals surface area contributed by atoms with E-state index in [2.05, 4.69) is 15.6 Å². The summed E-state index contributed by atoms with van der Waals surface area (Å²) < 4.78 is 11.9. The molecule has 1 N–H and O–H groups in total. The number of carbonyl (C=O) groups excluding carboxylic acids is 1. The SMILES string of the molecule is CCC(C(=O)Nc1cccc(C)c1)n1nc(-c2cccc(OC)c2)c2c(C)onc2c1=O. The molecule has 4 aromatic rings. The average Bonchev–Trinajstić information content (AvgIpc) is 3.18. The zero-order chi connectivity index (χ0) is 22.8. The topological polar surface area (TPSA) is 99.2 Å². The van der Waals surface area contributed by atoms with Crippen LogP contribution in [0.1, 0.15) is 30.7 Å². The molecule has 8 nitrogen and oxygen atoms in total. The van der Waals surface area contributed by atoms with Crippen molar-refractivity contribution in [2.24, 2.45) is 0 Å². The van der Waals surface area contributed by atoms with Gasteiger partial charge < -0.3 is 14.6 Å². The number of fused-ring (bicyclic) bond motifs is 1. The van der Waals surface area contributed by atoms with Gasteiger partial charge in [-0.25, -0.2) is 4.68 Å². The van der Waals surface area contributed by atoms with E-state index >= 15 is 0 Å². The molecule has 0 spiro atoms. The van der Waals surface area contributed by atoms with Crippen molar-refractivity contribution in [2.75, 3.05) is 12.4 Å². The molecule has 1 unspecified atom stereocenters. The van der Waals surface area contributed by atoms with Crippen LogP contribution in [-0.2, 0) is 4.79 Å². The molecular weight excluding hydrogens is 408 g/mol. The monoisotopic (exact) mass is 432 g/mol. The van der Waals surface area contributed by atoms with Gasteiger partial charge in [-0.1, -0.05) is 36.3 Å². The van der Waals surface area contributed by atoms with Gasteiger partial charge in [-0.3, -0.25) is 9.59 Å². The van der Waals surface area contributed by atoms with E-state index in [4.69, 9.17) is 9.26 Å². The van der Waals surface area contributed by atoms with E-state index in [0.29, 0.717) is 34.7 Å². The lowest BCUT2D eigenvalue weighted by molar-refractivity contribution is -0.119. The Kier molecular flexibility index (Phi) is 5.77.